The summed E-state index contributed by atoms with van der Waals surface area (Å²) in [5, 5.41) is 4.38. The lowest BCUT2D eigenvalue weighted by Crippen LogP contribution is -2.32. The molecular formula is C13H13BrN2O2. The summed E-state index contributed by atoms with van der Waals surface area (Å²) >= 11 is 3.41. The van der Waals surface area contributed by atoms with Crippen molar-refractivity contribution in [3.63, 3.8) is 0 Å². The summed E-state index contributed by atoms with van der Waals surface area (Å²) in [5.41, 5.74) is 1.01. The number of aromatic nitrogens is 2. The second kappa shape index (κ2) is 5.12. The summed E-state index contributed by atoms with van der Waals surface area (Å²) in [5.74, 6) is 1.17. The van der Waals surface area contributed by atoms with Crippen LogP contribution < -0.4 is 4.74 Å². The van der Waals surface area contributed by atoms with E-state index in [0.29, 0.717) is 18.4 Å². The average molecular weight is 309 g/mol. The molecule has 0 amide bonds. The minimum absolute atomic E-state index is 0.517. The normalized spacial score (nSPS) is 15.4. The van der Waals surface area contributed by atoms with Crippen LogP contribution in [0.25, 0.3) is 5.69 Å². The molecule has 0 spiro atoms. The Kier molecular flexibility index (Phi) is 3.34. The highest BCUT2D eigenvalue weighted by atomic mass is 79.9. The van der Waals surface area contributed by atoms with Gasteiger partial charge in [-0.15, -0.1) is 5.10 Å². The third-order valence-electron chi connectivity index (χ3n) is 2.83. The van der Waals surface area contributed by atoms with Gasteiger partial charge in [0.05, 0.1) is 25.5 Å². The molecule has 3 rings (SSSR count). The SMILES string of the molecule is Brc1ccc(-n2ccc(OCC3COC3)n2)cc1. The fourth-order valence-electron chi connectivity index (χ4n) is 1.71. The van der Waals surface area contributed by atoms with Crippen LogP contribution in [0.15, 0.2) is 41.0 Å². The Bertz CT molecular complexity index is 520. The molecule has 0 radical (unpaired) electrons. The van der Waals surface area contributed by atoms with Crippen molar-refractivity contribution in [3.05, 3.63) is 41.0 Å². The molecule has 1 aliphatic heterocycles. The van der Waals surface area contributed by atoms with Crippen molar-refractivity contribution in [2.24, 2.45) is 5.92 Å². The second-order valence-corrected chi connectivity index (χ2v) is 5.21. The van der Waals surface area contributed by atoms with E-state index >= 15 is 0 Å². The van der Waals surface area contributed by atoms with Crippen LogP contribution in [0.2, 0.25) is 0 Å². The molecule has 5 heteroatoms. The number of benzene rings is 1. The standard InChI is InChI=1S/C13H13BrN2O2/c14-11-1-3-12(4-2-11)16-6-5-13(15-16)18-9-10-7-17-8-10/h1-6,10H,7-9H2. The fraction of sp³-hybridized carbons (Fsp3) is 0.308. The van der Waals surface area contributed by atoms with Crippen LogP contribution in [-0.2, 0) is 4.74 Å². The summed E-state index contributed by atoms with van der Waals surface area (Å²) in [6, 6.07) is 9.86. The quantitative estimate of drug-likeness (QED) is 0.871. The van der Waals surface area contributed by atoms with Gasteiger partial charge >= 0.3 is 0 Å². The van der Waals surface area contributed by atoms with Gasteiger partial charge in [0.15, 0.2) is 0 Å². The summed E-state index contributed by atoms with van der Waals surface area (Å²) < 4.78 is 13.6. The molecule has 0 bridgehead atoms. The van der Waals surface area contributed by atoms with E-state index in [1.165, 1.54) is 0 Å². The summed E-state index contributed by atoms with van der Waals surface area (Å²) in [7, 11) is 0. The van der Waals surface area contributed by atoms with E-state index in [9.17, 15) is 0 Å². The van der Waals surface area contributed by atoms with E-state index in [4.69, 9.17) is 9.47 Å². The van der Waals surface area contributed by atoms with Crippen molar-refractivity contribution in [3.8, 4) is 11.6 Å². The van der Waals surface area contributed by atoms with Gasteiger partial charge < -0.3 is 9.47 Å². The zero-order valence-electron chi connectivity index (χ0n) is 9.75. The Balaban J connectivity index is 1.66. The molecule has 0 N–H and O–H groups in total. The Morgan fingerprint density at radius 2 is 2.06 bits per heavy atom. The lowest BCUT2D eigenvalue weighted by atomic mass is 10.1. The highest BCUT2D eigenvalue weighted by Gasteiger charge is 2.19. The minimum atomic E-state index is 0.517. The molecule has 0 saturated carbocycles. The first kappa shape index (κ1) is 11.7. The number of ether oxygens (including phenoxy) is 2. The van der Waals surface area contributed by atoms with Crippen LogP contribution in [0.3, 0.4) is 0 Å². The Labute approximate surface area is 114 Å². The molecule has 0 atom stereocenters. The Hall–Kier alpha value is -1.33. The van der Waals surface area contributed by atoms with Crippen LogP contribution in [0, 0.1) is 5.92 Å². The maximum absolute atomic E-state index is 5.61. The Morgan fingerprint density at radius 3 is 2.72 bits per heavy atom. The lowest BCUT2D eigenvalue weighted by molar-refractivity contribution is -0.0514. The first-order valence-electron chi connectivity index (χ1n) is 5.83. The van der Waals surface area contributed by atoms with Gasteiger partial charge in [-0.2, -0.15) is 0 Å². The van der Waals surface area contributed by atoms with Gasteiger partial charge in [-0.3, -0.25) is 0 Å². The van der Waals surface area contributed by atoms with Gasteiger partial charge in [0, 0.05) is 22.7 Å². The molecule has 94 valence electrons. The molecule has 0 unspecified atom stereocenters. The molecule has 2 aromatic rings. The van der Waals surface area contributed by atoms with Gasteiger partial charge in [0.25, 0.3) is 0 Å². The second-order valence-electron chi connectivity index (χ2n) is 4.29. The van der Waals surface area contributed by atoms with E-state index in [1.54, 1.807) is 4.68 Å². The highest BCUT2D eigenvalue weighted by molar-refractivity contribution is 9.10. The molecule has 1 aromatic heterocycles. The maximum Gasteiger partial charge on any atom is 0.233 e. The van der Waals surface area contributed by atoms with Gasteiger partial charge in [-0.05, 0) is 24.3 Å². The van der Waals surface area contributed by atoms with Crippen molar-refractivity contribution in [1.82, 2.24) is 9.78 Å². The van der Waals surface area contributed by atoms with Crippen LogP contribution in [0.5, 0.6) is 5.88 Å². The summed E-state index contributed by atoms with van der Waals surface area (Å²) in [6.45, 7) is 2.28. The molecular weight excluding hydrogens is 296 g/mol. The van der Waals surface area contributed by atoms with Gasteiger partial charge in [-0.25, -0.2) is 4.68 Å². The molecule has 18 heavy (non-hydrogen) atoms. The van der Waals surface area contributed by atoms with E-state index in [-0.39, 0.29) is 0 Å². The molecule has 1 saturated heterocycles. The molecule has 4 nitrogen and oxygen atoms in total. The third-order valence-corrected chi connectivity index (χ3v) is 3.36. The first-order valence-corrected chi connectivity index (χ1v) is 6.63. The number of hydrogen-bond donors (Lipinski definition) is 0. The number of nitrogens with zero attached hydrogens (tertiary/aromatic N) is 2. The number of halogens is 1. The van der Waals surface area contributed by atoms with E-state index in [0.717, 1.165) is 23.4 Å². The summed E-state index contributed by atoms with van der Waals surface area (Å²) in [6.07, 6.45) is 1.90. The van der Waals surface area contributed by atoms with E-state index < -0.39 is 0 Å². The van der Waals surface area contributed by atoms with Gasteiger partial charge in [-0.1, -0.05) is 15.9 Å². The zero-order chi connectivity index (χ0) is 12.4. The van der Waals surface area contributed by atoms with Crippen molar-refractivity contribution < 1.29 is 9.47 Å². The first-order chi connectivity index (χ1) is 8.81. The minimum Gasteiger partial charge on any atom is -0.476 e. The van der Waals surface area contributed by atoms with Crippen molar-refractivity contribution in [1.29, 1.82) is 0 Å². The van der Waals surface area contributed by atoms with Crippen LogP contribution in [-0.4, -0.2) is 29.6 Å². The predicted molar refractivity (Wildman–Crippen MR) is 71.1 cm³/mol. The van der Waals surface area contributed by atoms with Crippen LogP contribution in [0.1, 0.15) is 0 Å². The smallest absolute Gasteiger partial charge is 0.233 e. The average Bonchev–Trinajstić information content (AvgIpc) is 2.77. The Morgan fingerprint density at radius 1 is 1.28 bits per heavy atom. The summed E-state index contributed by atoms with van der Waals surface area (Å²) in [4.78, 5) is 0. The molecule has 1 aliphatic rings. The van der Waals surface area contributed by atoms with Gasteiger partial charge in [0.2, 0.25) is 5.88 Å². The monoisotopic (exact) mass is 308 g/mol. The fourth-order valence-corrected chi connectivity index (χ4v) is 1.97. The number of rotatable bonds is 4. The van der Waals surface area contributed by atoms with E-state index in [1.807, 2.05) is 36.5 Å². The largest absolute Gasteiger partial charge is 0.476 e. The van der Waals surface area contributed by atoms with Crippen molar-refractivity contribution >= 4 is 15.9 Å². The van der Waals surface area contributed by atoms with Crippen molar-refractivity contribution in [2.75, 3.05) is 19.8 Å². The van der Waals surface area contributed by atoms with Crippen molar-refractivity contribution in [2.45, 2.75) is 0 Å². The lowest BCUT2D eigenvalue weighted by Gasteiger charge is -2.25. The molecule has 2 heterocycles. The van der Waals surface area contributed by atoms with Gasteiger partial charge in [0.1, 0.15) is 0 Å². The topological polar surface area (TPSA) is 36.3 Å². The van der Waals surface area contributed by atoms with Crippen LogP contribution in [0.4, 0.5) is 0 Å². The van der Waals surface area contributed by atoms with Crippen LogP contribution >= 0.6 is 15.9 Å². The molecule has 1 aromatic carbocycles. The third kappa shape index (κ3) is 2.57. The molecule has 0 aliphatic carbocycles. The maximum atomic E-state index is 5.61. The zero-order valence-corrected chi connectivity index (χ0v) is 11.3. The number of hydrogen-bond acceptors (Lipinski definition) is 3. The predicted octanol–water partition coefficient (Wildman–Crippen LogP) is 2.66. The van der Waals surface area contributed by atoms with E-state index in [2.05, 4.69) is 21.0 Å². The molecule has 1 fully saturated rings. The highest BCUT2D eigenvalue weighted by Crippen LogP contribution is 2.17.